The van der Waals surface area contributed by atoms with Crippen molar-refractivity contribution in [3.63, 3.8) is 0 Å². The van der Waals surface area contributed by atoms with Crippen LogP contribution < -0.4 is 5.32 Å². The predicted octanol–water partition coefficient (Wildman–Crippen LogP) is 3.69. The van der Waals surface area contributed by atoms with Gasteiger partial charge in [-0.15, -0.1) is 10.2 Å². The summed E-state index contributed by atoms with van der Waals surface area (Å²) in [6, 6.07) is 2.65. The van der Waals surface area contributed by atoms with E-state index < -0.39 is 35.3 Å². The second kappa shape index (κ2) is 10.9. The molecule has 2 amide bonds. The number of nitrogens with zero attached hydrogens (tertiary/aromatic N) is 5. The third-order valence-electron chi connectivity index (χ3n) is 5.71. The summed E-state index contributed by atoms with van der Waals surface area (Å²) in [4.78, 5) is 44.0. The number of hydrogen-bond donors (Lipinski definition) is 3. The fraction of sp³-hybridized carbons (Fsp3) is 0.435. The number of amides is 2. The summed E-state index contributed by atoms with van der Waals surface area (Å²) in [5, 5.41) is 27.1. The van der Waals surface area contributed by atoms with Crippen LogP contribution in [0.5, 0.6) is 0 Å². The molecule has 0 aromatic carbocycles. The molecule has 0 aliphatic rings. The van der Waals surface area contributed by atoms with E-state index in [4.69, 9.17) is 4.42 Å². The lowest BCUT2D eigenvalue weighted by Crippen LogP contribution is -2.56. The number of nitrogens with one attached hydrogen (secondary N) is 2. The SMILES string of the molecule is CCCC(C)(C)[C@@H](C(=O)C(=O)Nc1ccn[nH]1)N(C(=O)O)[C@H](CC)c1nnc(-c2cccnc2)o1. The monoisotopic (exact) mass is 483 g/mol. The Labute approximate surface area is 202 Å². The average Bonchev–Trinajstić information content (AvgIpc) is 3.51. The van der Waals surface area contributed by atoms with E-state index in [9.17, 15) is 19.5 Å². The molecule has 0 spiro atoms. The van der Waals surface area contributed by atoms with Gasteiger partial charge in [0.1, 0.15) is 17.9 Å². The van der Waals surface area contributed by atoms with E-state index in [1.807, 2.05) is 6.92 Å². The molecule has 0 bridgehead atoms. The molecule has 3 aromatic heterocycles. The van der Waals surface area contributed by atoms with Crippen LogP contribution in [0.3, 0.4) is 0 Å². The number of anilines is 1. The van der Waals surface area contributed by atoms with Gasteiger partial charge in [-0.3, -0.25) is 24.6 Å². The Kier molecular flexibility index (Phi) is 7.94. The van der Waals surface area contributed by atoms with Gasteiger partial charge in [0, 0.05) is 18.5 Å². The molecule has 2 atom stereocenters. The first kappa shape index (κ1) is 25.5. The molecular formula is C23H29N7O5. The first-order valence-corrected chi connectivity index (χ1v) is 11.3. The highest BCUT2D eigenvalue weighted by Gasteiger charge is 2.47. The molecule has 3 N–H and O–H groups in total. The van der Waals surface area contributed by atoms with Crippen LogP contribution >= 0.6 is 0 Å². The zero-order valence-electron chi connectivity index (χ0n) is 20.1. The molecule has 35 heavy (non-hydrogen) atoms. The highest BCUT2D eigenvalue weighted by atomic mass is 16.4. The number of aromatic nitrogens is 5. The third kappa shape index (κ3) is 5.70. The molecule has 0 unspecified atom stereocenters. The minimum absolute atomic E-state index is 0.0211. The van der Waals surface area contributed by atoms with E-state index in [2.05, 4.69) is 30.7 Å². The van der Waals surface area contributed by atoms with E-state index in [-0.39, 0.29) is 24.0 Å². The van der Waals surface area contributed by atoms with Crippen LogP contribution in [-0.4, -0.2) is 59.2 Å². The Bertz CT molecular complexity index is 1140. The zero-order chi connectivity index (χ0) is 25.6. The molecule has 3 aromatic rings. The maximum atomic E-state index is 13.5. The number of Topliss-reactive ketones (excluding diaryl/α,β-unsaturated/α-hetero) is 1. The van der Waals surface area contributed by atoms with Gasteiger partial charge >= 0.3 is 6.09 Å². The minimum atomic E-state index is -1.38. The van der Waals surface area contributed by atoms with Crippen molar-refractivity contribution in [1.82, 2.24) is 30.3 Å². The Morgan fingerprint density at radius 1 is 1.20 bits per heavy atom. The summed E-state index contributed by atoms with van der Waals surface area (Å²) in [6.45, 7) is 7.20. The van der Waals surface area contributed by atoms with Gasteiger partial charge in [-0.2, -0.15) is 5.10 Å². The Balaban J connectivity index is 2.02. The van der Waals surface area contributed by atoms with Crippen molar-refractivity contribution in [3.05, 3.63) is 42.7 Å². The van der Waals surface area contributed by atoms with Crippen LogP contribution in [0.25, 0.3) is 11.5 Å². The Hall–Kier alpha value is -4.09. The number of hydrogen-bond acceptors (Lipinski definition) is 8. The quantitative estimate of drug-likeness (QED) is 0.344. The summed E-state index contributed by atoms with van der Waals surface area (Å²) in [6.07, 6.45) is 4.58. The summed E-state index contributed by atoms with van der Waals surface area (Å²) in [7, 11) is 0. The van der Waals surface area contributed by atoms with E-state index in [0.29, 0.717) is 18.4 Å². The lowest BCUT2D eigenvalue weighted by atomic mass is 9.76. The summed E-state index contributed by atoms with van der Waals surface area (Å²) >= 11 is 0. The van der Waals surface area contributed by atoms with E-state index in [1.165, 1.54) is 12.3 Å². The number of rotatable bonds is 11. The second-order valence-electron chi connectivity index (χ2n) is 8.73. The van der Waals surface area contributed by atoms with Crippen LogP contribution in [0.2, 0.25) is 0 Å². The van der Waals surface area contributed by atoms with Crippen molar-refractivity contribution >= 4 is 23.6 Å². The van der Waals surface area contributed by atoms with Gasteiger partial charge in [-0.1, -0.05) is 34.1 Å². The molecule has 0 fully saturated rings. The van der Waals surface area contributed by atoms with Crippen molar-refractivity contribution in [2.75, 3.05) is 5.32 Å². The van der Waals surface area contributed by atoms with Gasteiger partial charge in [0.15, 0.2) is 0 Å². The van der Waals surface area contributed by atoms with Gasteiger partial charge < -0.3 is 14.8 Å². The van der Waals surface area contributed by atoms with Crippen LogP contribution in [0.15, 0.2) is 41.2 Å². The number of carbonyl (C=O) groups is 3. The topological polar surface area (TPSA) is 167 Å². The number of pyridine rings is 1. The predicted molar refractivity (Wildman–Crippen MR) is 125 cm³/mol. The maximum absolute atomic E-state index is 13.5. The van der Waals surface area contributed by atoms with Crippen molar-refractivity contribution < 1.29 is 23.9 Å². The first-order valence-electron chi connectivity index (χ1n) is 11.3. The lowest BCUT2D eigenvalue weighted by Gasteiger charge is -2.41. The van der Waals surface area contributed by atoms with Crippen LogP contribution in [0, 0.1) is 5.41 Å². The summed E-state index contributed by atoms with van der Waals surface area (Å²) < 4.78 is 5.81. The van der Waals surface area contributed by atoms with Gasteiger partial charge in [0.2, 0.25) is 17.6 Å². The molecule has 12 heteroatoms. The van der Waals surface area contributed by atoms with Crippen molar-refractivity contribution in [2.24, 2.45) is 5.41 Å². The number of ketones is 1. The first-order chi connectivity index (χ1) is 16.7. The van der Waals surface area contributed by atoms with Crippen LogP contribution in [0.4, 0.5) is 10.6 Å². The minimum Gasteiger partial charge on any atom is -0.465 e. The standard InChI is InChI=1S/C23H29N7O5/c1-5-10-23(3,4)18(17(31)19(32)26-16-9-12-25-27-16)30(22(33)34)15(6-2)21-29-28-20(35-21)14-8-7-11-24-13-14/h7-9,11-13,15,18H,5-6,10H2,1-4H3,(H,33,34)(H2,25,26,27,32)/t15-,18-/m1/s1. The summed E-state index contributed by atoms with van der Waals surface area (Å²) in [5.74, 6) is -1.43. The summed E-state index contributed by atoms with van der Waals surface area (Å²) in [5.41, 5.74) is -0.310. The van der Waals surface area contributed by atoms with Crippen LogP contribution in [-0.2, 0) is 9.59 Å². The molecule has 3 heterocycles. The van der Waals surface area contributed by atoms with Crippen molar-refractivity contribution in [3.8, 4) is 11.5 Å². The lowest BCUT2D eigenvalue weighted by molar-refractivity contribution is -0.141. The highest BCUT2D eigenvalue weighted by molar-refractivity contribution is 6.42. The Morgan fingerprint density at radius 3 is 2.54 bits per heavy atom. The second-order valence-corrected chi connectivity index (χ2v) is 8.73. The van der Waals surface area contributed by atoms with Crippen LogP contribution in [0.1, 0.15) is 58.9 Å². The fourth-order valence-electron chi connectivity index (χ4n) is 4.16. The molecule has 0 radical (unpaired) electrons. The molecule has 12 nitrogen and oxygen atoms in total. The average molecular weight is 484 g/mol. The molecule has 0 aliphatic heterocycles. The van der Waals surface area contributed by atoms with E-state index in [0.717, 1.165) is 4.90 Å². The van der Waals surface area contributed by atoms with Crippen molar-refractivity contribution in [2.45, 2.75) is 59.0 Å². The smallest absolute Gasteiger partial charge is 0.408 e. The fourth-order valence-corrected chi connectivity index (χ4v) is 4.16. The Morgan fingerprint density at radius 2 is 1.97 bits per heavy atom. The molecule has 0 aliphatic carbocycles. The highest BCUT2D eigenvalue weighted by Crippen LogP contribution is 2.37. The van der Waals surface area contributed by atoms with Gasteiger partial charge in [0.25, 0.3) is 5.91 Å². The molecule has 3 rings (SSSR count). The van der Waals surface area contributed by atoms with Gasteiger partial charge in [-0.05, 0) is 30.4 Å². The maximum Gasteiger partial charge on any atom is 0.408 e. The molecular weight excluding hydrogens is 454 g/mol. The van der Waals surface area contributed by atoms with E-state index >= 15 is 0 Å². The number of H-pyrrole nitrogens is 1. The van der Waals surface area contributed by atoms with Crippen molar-refractivity contribution in [1.29, 1.82) is 0 Å². The normalized spacial score (nSPS) is 13.1. The van der Waals surface area contributed by atoms with Gasteiger partial charge in [-0.25, -0.2) is 4.79 Å². The zero-order valence-corrected chi connectivity index (χ0v) is 20.1. The number of aromatic amines is 1. The molecule has 0 saturated heterocycles. The van der Waals surface area contributed by atoms with E-state index in [1.54, 1.807) is 45.3 Å². The number of carboxylic acid groups (broad SMARTS) is 1. The number of carbonyl (C=O) groups excluding carboxylic acids is 2. The third-order valence-corrected chi connectivity index (χ3v) is 5.71. The van der Waals surface area contributed by atoms with Gasteiger partial charge in [0.05, 0.1) is 11.8 Å². The largest absolute Gasteiger partial charge is 0.465 e. The molecule has 0 saturated carbocycles. The molecule has 186 valence electrons.